The SMILES string of the molecule is c1ccc(Nc2ccc3c(c2)OC2c4ccccc4N(c4ccccc4)C32)cc1. The van der Waals surface area contributed by atoms with E-state index < -0.39 is 0 Å². The molecule has 0 saturated carbocycles. The lowest BCUT2D eigenvalue weighted by molar-refractivity contribution is 0.223. The molecule has 6 rings (SSSR count). The summed E-state index contributed by atoms with van der Waals surface area (Å²) in [5.41, 5.74) is 7.00. The van der Waals surface area contributed by atoms with E-state index in [2.05, 4.69) is 95.1 Å². The highest BCUT2D eigenvalue weighted by atomic mass is 16.5. The van der Waals surface area contributed by atoms with Crippen molar-refractivity contribution >= 4 is 22.7 Å². The van der Waals surface area contributed by atoms with E-state index in [1.807, 2.05) is 18.2 Å². The van der Waals surface area contributed by atoms with E-state index in [4.69, 9.17) is 4.74 Å². The number of hydrogen-bond donors (Lipinski definition) is 1. The molecule has 2 unspecified atom stereocenters. The predicted molar refractivity (Wildman–Crippen MR) is 117 cm³/mol. The molecule has 140 valence electrons. The van der Waals surface area contributed by atoms with Crippen LogP contribution in [0.15, 0.2) is 103 Å². The van der Waals surface area contributed by atoms with Gasteiger partial charge in [-0.3, -0.25) is 0 Å². The van der Waals surface area contributed by atoms with Gasteiger partial charge in [0.2, 0.25) is 0 Å². The molecule has 0 saturated heterocycles. The number of benzene rings is 4. The fraction of sp³-hybridized carbons (Fsp3) is 0.0769. The average molecular weight is 376 g/mol. The van der Waals surface area contributed by atoms with Crippen LogP contribution in [0.3, 0.4) is 0 Å². The fourth-order valence-electron chi connectivity index (χ4n) is 4.50. The largest absolute Gasteiger partial charge is 0.483 e. The molecule has 0 amide bonds. The lowest BCUT2D eigenvalue weighted by Gasteiger charge is -2.26. The molecule has 0 spiro atoms. The van der Waals surface area contributed by atoms with Crippen LogP contribution in [-0.2, 0) is 0 Å². The molecule has 2 aliphatic rings. The molecule has 1 N–H and O–H groups in total. The first-order chi connectivity index (χ1) is 14.4. The van der Waals surface area contributed by atoms with Crippen molar-refractivity contribution in [3.63, 3.8) is 0 Å². The van der Waals surface area contributed by atoms with Gasteiger partial charge in [0.15, 0.2) is 6.10 Å². The van der Waals surface area contributed by atoms with Gasteiger partial charge in [0.1, 0.15) is 11.8 Å². The summed E-state index contributed by atoms with van der Waals surface area (Å²) in [6, 6.07) is 36.0. The molecular formula is C26H20N2O. The van der Waals surface area contributed by atoms with Crippen molar-refractivity contribution in [2.45, 2.75) is 12.1 Å². The fourth-order valence-corrected chi connectivity index (χ4v) is 4.50. The van der Waals surface area contributed by atoms with Crippen LogP contribution in [0, 0.1) is 0 Å². The Morgan fingerprint density at radius 1 is 0.655 bits per heavy atom. The number of ether oxygens (including phenoxy) is 1. The van der Waals surface area contributed by atoms with E-state index >= 15 is 0 Å². The Morgan fingerprint density at radius 3 is 2.21 bits per heavy atom. The van der Waals surface area contributed by atoms with Crippen molar-refractivity contribution < 1.29 is 4.74 Å². The average Bonchev–Trinajstić information content (AvgIpc) is 3.29. The minimum absolute atomic E-state index is 0.00776. The molecular weight excluding hydrogens is 356 g/mol. The van der Waals surface area contributed by atoms with Crippen LogP contribution in [0.2, 0.25) is 0 Å². The van der Waals surface area contributed by atoms with Crippen molar-refractivity contribution in [3.8, 4) is 5.75 Å². The van der Waals surface area contributed by atoms with E-state index in [0.717, 1.165) is 17.1 Å². The minimum Gasteiger partial charge on any atom is -0.483 e. The summed E-state index contributed by atoms with van der Waals surface area (Å²) >= 11 is 0. The summed E-state index contributed by atoms with van der Waals surface area (Å²) < 4.78 is 6.51. The third kappa shape index (κ3) is 2.59. The maximum Gasteiger partial charge on any atom is 0.151 e. The zero-order valence-corrected chi connectivity index (χ0v) is 15.8. The molecule has 4 aromatic carbocycles. The van der Waals surface area contributed by atoms with Gasteiger partial charge in [-0.15, -0.1) is 0 Å². The molecule has 0 fully saturated rings. The second-order valence-corrected chi connectivity index (χ2v) is 7.49. The Hall–Kier alpha value is -3.72. The van der Waals surface area contributed by atoms with Crippen LogP contribution in [0.25, 0.3) is 0 Å². The Bertz CT molecular complexity index is 1170. The molecule has 2 aliphatic heterocycles. The van der Waals surface area contributed by atoms with Crippen LogP contribution in [-0.4, -0.2) is 0 Å². The number of rotatable bonds is 3. The summed E-state index contributed by atoms with van der Waals surface area (Å²) in [5, 5.41) is 3.47. The quantitative estimate of drug-likeness (QED) is 0.428. The zero-order valence-electron chi connectivity index (χ0n) is 15.8. The van der Waals surface area contributed by atoms with Crippen molar-refractivity contribution in [2.75, 3.05) is 10.2 Å². The third-order valence-corrected chi connectivity index (χ3v) is 5.75. The second kappa shape index (κ2) is 6.42. The molecule has 2 heterocycles. The van der Waals surface area contributed by atoms with E-state index in [9.17, 15) is 0 Å². The molecule has 0 aromatic heterocycles. The highest BCUT2D eigenvalue weighted by molar-refractivity contribution is 5.76. The Kier molecular flexibility index (Phi) is 3.60. The molecule has 2 atom stereocenters. The van der Waals surface area contributed by atoms with Crippen LogP contribution >= 0.6 is 0 Å². The first-order valence-corrected chi connectivity index (χ1v) is 9.94. The van der Waals surface area contributed by atoms with Gasteiger partial charge in [0.25, 0.3) is 0 Å². The number of nitrogens with zero attached hydrogens (tertiary/aromatic N) is 1. The lowest BCUT2D eigenvalue weighted by Crippen LogP contribution is -2.19. The number of anilines is 4. The Labute approximate surface area is 170 Å². The number of fused-ring (bicyclic) bond motifs is 5. The van der Waals surface area contributed by atoms with Gasteiger partial charge in [-0.1, -0.05) is 60.7 Å². The highest BCUT2D eigenvalue weighted by Crippen LogP contribution is 2.58. The smallest absolute Gasteiger partial charge is 0.151 e. The third-order valence-electron chi connectivity index (χ3n) is 5.75. The lowest BCUT2D eigenvalue weighted by atomic mass is 10.0. The number of para-hydroxylation sites is 3. The molecule has 0 bridgehead atoms. The molecule has 29 heavy (non-hydrogen) atoms. The van der Waals surface area contributed by atoms with Crippen molar-refractivity contribution in [1.82, 2.24) is 0 Å². The van der Waals surface area contributed by atoms with Crippen molar-refractivity contribution in [2.24, 2.45) is 0 Å². The summed E-state index contributed by atoms with van der Waals surface area (Å²) in [6.45, 7) is 0. The molecule has 3 nitrogen and oxygen atoms in total. The van der Waals surface area contributed by atoms with E-state index in [1.165, 1.54) is 22.5 Å². The summed E-state index contributed by atoms with van der Waals surface area (Å²) in [4.78, 5) is 2.41. The van der Waals surface area contributed by atoms with Gasteiger partial charge in [-0.05, 0) is 36.4 Å². The van der Waals surface area contributed by atoms with Gasteiger partial charge in [-0.2, -0.15) is 0 Å². The van der Waals surface area contributed by atoms with E-state index in [1.54, 1.807) is 0 Å². The zero-order chi connectivity index (χ0) is 19.2. The van der Waals surface area contributed by atoms with Gasteiger partial charge in [-0.25, -0.2) is 0 Å². The Morgan fingerprint density at radius 2 is 1.38 bits per heavy atom. The number of nitrogens with one attached hydrogen (secondary N) is 1. The Balaban J connectivity index is 1.42. The number of hydrogen-bond acceptors (Lipinski definition) is 3. The van der Waals surface area contributed by atoms with Crippen LogP contribution in [0.1, 0.15) is 23.3 Å². The monoisotopic (exact) mass is 376 g/mol. The topological polar surface area (TPSA) is 24.5 Å². The highest BCUT2D eigenvalue weighted by Gasteiger charge is 2.47. The second-order valence-electron chi connectivity index (χ2n) is 7.49. The predicted octanol–water partition coefficient (Wildman–Crippen LogP) is 6.76. The van der Waals surface area contributed by atoms with Crippen LogP contribution in [0.4, 0.5) is 22.7 Å². The first-order valence-electron chi connectivity index (χ1n) is 9.94. The van der Waals surface area contributed by atoms with Gasteiger partial charge in [0, 0.05) is 39.9 Å². The summed E-state index contributed by atoms with van der Waals surface area (Å²) in [5.74, 6) is 0.955. The molecule has 3 heteroatoms. The first kappa shape index (κ1) is 16.3. The standard InChI is InChI=1S/C26H20N2O/c1-3-9-18(10-4-1)27-19-15-16-22-24(17-19)29-26-21-13-7-8-14-23(21)28(25(22)26)20-11-5-2-6-12-20/h1-17,25-27H. The minimum atomic E-state index is 0.00776. The maximum atomic E-state index is 6.51. The van der Waals surface area contributed by atoms with Crippen LogP contribution < -0.4 is 15.0 Å². The summed E-state index contributed by atoms with van der Waals surface area (Å²) in [6.07, 6.45) is 0.00776. The molecule has 0 radical (unpaired) electrons. The van der Waals surface area contributed by atoms with Crippen LogP contribution in [0.5, 0.6) is 5.75 Å². The maximum absolute atomic E-state index is 6.51. The normalized spacial score (nSPS) is 18.6. The van der Waals surface area contributed by atoms with Gasteiger partial charge >= 0.3 is 0 Å². The molecule has 0 aliphatic carbocycles. The van der Waals surface area contributed by atoms with E-state index in [-0.39, 0.29) is 12.1 Å². The summed E-state index contributed by atoms with van der Waals surface area (Å²) in [7, 11) is 0. The van der Waals surface area contributed by atoms with Crippen molar-refractivity contribution in [1.29, 1.82) is 0 Å². The van der Waals surface area contributed by atoms with Crippen molar-refractivity contribution in [3.05, 3.63) is 114 Å². The van der Waals surface area contributed by atoms with Gasteiger partial charge < -0.3 is 15.0 Å². The van der Waals surface area contributed by atoms with E-state index in [0.29, 0.717) is 0 Å². The molecule has 4 aromatic rings. The van der Waals surface area contributed by atoms with Gasteiger partial charge in [0.05, 0.1) is 0 Å².